The molecule has 5 nitrogen and oxygen atoms in total. The van der Waals surface area contributed by atoms with Crippen molar-refractivity contribution in [2.75, 3.05) is 10.8 Å². The summed E-state index contributed by atoms with van der Waals surface area (Å²) < 4.78 is 27.9. The number of aryl methyl sites for hydroxylation is 2. The largest absolute Gasteiger partial charge is 0.348 e. The van der Waals surface area contributed by atoms with E-state index in [1.165, 1.54) is 36.1 Å². The van der Waals surface area contributed by atoms with Gasteiger partial charge in [-0.3, -0.25) is 9.10 Å². The number of amides is 1. The molecule has 33 heavy (non-hydrogen) atoms. The number of carbonyl (C=O) groups excluding carboxylic acids is 1. The van der Waals surface area contributed by atoms with E-state index in [9.17, 15) is 13.2 Å². The van der Waals surface area contributed by atoms with Crippen LogP contribution in [0.1, 0.15) is 42.5 Å². The summed E-state index contributed by atoms with van der Waals surface area (Å²) in [6, 6.07) is 20.8. The third-order valence-corrected chi connectivity index (χ3v) is 8.08. The average Bonchev–Trinajstić information content (AvgIpc) is 2.83. The molecule has 0 spiro atoms. The summed E-state index contributed by atoms with van der Waals surface area (Å²) in [7, 11) is -4.00. The normalized spacial score (nSPS) is 14.2. The molecule has 0 saturated heterocycles. The van der Waals surface area contributed by atoms with E-state index in [2.05, 4.69) is 17.4 Å². The van der Waals surface area contributed by atoms with Crippen molar-refractivity contribution in [3.8, 4) is 0 Å². The van der Waals surface area contributed by atoms with Crippen molar-refractivity contribution >= 4 is 33.2 Å². The molecule has 3 aromatic carbocycles. The molecule has 0 saturated carbocycles. The Labute approximate surface area is 200 Å². The highest BCUT2D eigenvalue weighted by molar-refractivity contribution is 7.92. The Kier molecular flexibility index (Phi) is 7.05. The summed E-state index contributed by atoms with van der Waals surface area (Å²) in [5.41, 5.74) is 3.99. The summed E-state index contributed by atoms with van der Waals surface area (Å²) >= 11 is 6.33. The summed E-state index contributed by atoms with van der Waals surface area (Å²) in [4.78, 5) is 13.1. The molecule has 0 unspecified atom stereocenters. The van der Waals surface area contributed by atoms with Crippen LogP contribution in [-0.4, -0.2) is 20.9 Å². The molecular formula is C26H27ClN2O3S. The van der Waals surface area contributed by atoms with Crippen LogP contribution >= 0.6 is 11.6 Å². The number of nitrogens with zero attached hydrogens (tertiary/aromatic N) is 1. The number of sulfonamides is 1. The Morgan fingerprint density at radius 1 is 0.970 bits per heavy atom. The summed E-state index contributed by atoms with van der Waals surface area (Å²) in [5.74, 6) is -0.403. The Hall–Kier alpha value is -2.83. The summed E-state index contributed by atoms with van der Waals surface area (Å²) in [5, 5.41) is 3.22. The Balaban J connectivity index is 1.57. The minimum atomic E-state index is -4.00. The number of nitrogens with one attached hydrogen (secondary N) is 1. The number of carbonyl (C=O) groups is 1. The van der Waals surface area contributed by atoms with Gasteiger partial charge >= 0.3 is 0 Å². The highest BCUT2D eigenvalue weighted by Gasteiger charge is 2.29. The molecule has 1 aliphatic carbocycles. The molecule has 172 valence electrons. The van der Waals surface area contributed by atoms with Crippen molar-refractivity contribution in [1.82, 2.24) is 5.32 Å². The van der Waals surface area contributed by atoms with Crippen LogP contribution in [0.5, 0.6) is 0 Å². The van der Waals surface area contributed by atoms with Crippen LogP contribution < -0.4 is 9.62 Å². The van der Waals surface area contributed by atoms with Crippen molar-refractivity contribution in [3.63, 3.8) is 0 Å². The molecule has 1 amide bonds. The number of benzene rings is 3. The first-order valence-electron chi connectivity index (χ1n) is 11.1. The number of fused-ring (bicyclic) bond motifs is 1. The van der Waals surface area contributed by atoms with Crippen molar-refractivity contribution in [2.45, 2.75) is 43.5 Å². The highest BCUT2D eigenvalue weighted by atomic mass is 35.5. The quantitative estimate of drug-likeness (QED) is 0.497. The lowest BCUT2D eigenvalue weighted by Gasteiger charge is -2.26. The zero-order valence-electron chi connectivity index (χ0n) is 18.5. The van der Waals surface area contributed by atoms with Gasteiger partial charge in [0.2, 0.25) is 5.91 Å². The molecule has 1 atom stereocenters. The molecule has 1 N–H and O–H groups in total. The van der Waals surface area contributed by atoms with Crippen LogP contribution in [0.15, 0.2) is 77.7 Å². The van der Waals surface area contributed by atoms with Gasteiger partial charge in [-0.1, -0.05) is 60.1 Å². The molecule has 0 bridgehead atoms. The molecule has 4 rings (SSSR count). The average molecular weight is 483 g/mol. The fourth-order valence-corrected chi connectivity index (χ4v) is 5.95. The van der Waals surface area contributed by atoms with Crippen LogP contribution in [0.4, 0.5) is 5.69 Å². The lowest BCUT2D eigenvalue weighted by atomic mass is 9.89. The van der Waals surface area contributed by atoms with Gasteiger partial charge in [0, 0.05) is 0 Å². The number of anilines is 1. The van der Waals surface area contributed by atoms with E-state index in [1.807, 2.05) is 13.0 Å². The molecule has 7 heteroatoms. The van der Waals surface area contributed by atoms with Crippen molar-refractivity contribution in [3.05, 3.63) is 94.5 Å². The van der Waals surface area contributed by atoms with Gasteiger partial charge in [0.1, 0.15) is 6.54 Å². The lowest BCUT2D eigenvalue weighted by Crippen LogP contribution is -2.41. The monoisotopic (exact) mass is 482 g/mol. The van der Waals surface area contributed by atoms with Gasteiger partial charge < -0.3 is 5.32 Å². The molecule has 0 heterocycles. The summed E-state index contributed by atoms with van der Waals surface area (Å²) in [6.45, 7) is 1.53. The van der Waals surface area contributed by atoms with E-state index in [0.717, 1.165) is 22.7 Å². The van der Waals surface area contributed by atoms with Gasteiger partial charge in [0.15, 0.2) is 0 Å². The second kappa shape index (κ2) is 9.98. The molecule has 0 aromatic heterocycles. The number of para-hydroxylation sites is 1. The van der Waals surface area contributed by atoms with Gasteiger partial charge in [0.25, 0.3) is 10.0 Å². The van der Waals surface area contributed by atoms with E-state index in [-0.39, 0.29) is 28.2 Å². The first kappa shape index (κ1) is 23.3. The van der Waals surface area contributed by atoms with Crippen molar-refractivity contribution in [2.24, 2.45) is 0 Å². The number of hydrogen-bond acceptors (Lipinski definition) is 3. The minimum Gasteiger partial charge on any atom is -0.348 e. The van der Waals surface area contributed by atoms with E-state index in [0.29, 0.717) is 0 Å². The maximum absolute atomic E-state index is 13.4. The SMILES string of the molecule is C[C@H](NC(=O)CN(c1ccccc1Cl)S(=O)(=O)c1ccccc1)c1ccc2c(c1)CCCC2. The van der Waals surface area contributed by atoms with Gasteiger partial charge in [-0.15, -0.1) is 0 Å². The molecule has 3 aromatic rings. The van der Waals surface area contributed by atoms with Crippen molar-refractivity contribution < 1.29 is 13.2 Å². The predicted molar refractivity (Wildman–Crippen MR) is 132 cm³/mol. The fourth-order valence-electron chi connectivity index (χ4n) is 4.20. The summed E-state index contributed by atoms with van der Waals surface area (Å²) in [6.07, 6.45) is 4.55. The van der Waals surface area contributed by atoms with Crippen LogP contribution in [0.3, 0.4) is 0 Å². The smallest absolute Gasteiger partial charge is 0.264 e. The van der Waals surface area contributed by atoms with E-state index < -0.39 is 15.9 Å². The Morgan fingerprint density at radius 3 is 2.36 bits per heavy atom. The first-order chi connectivity index (χ1) is 15.9. The Bertz CT molecular complexity index is 1250. The predicted octanol–water partition coefficient (Wildman–Crippen LogP) is 5.29. The van der Waals surface area contributed by atoms with Gasteiger partial charge in [-0.2, -0.15) is 0 Å². The molecule has 1 aliphatic rings. The van der Waals surface area contributed by atoms with Gasteiger partial charge in [0.05, 0.1) is 21.6 Å². The van der Waals surface area contributed by atoms with Crippen LogP contribution in [-0.2, 0) is 27.7 Å². The number of rotatable bonds is 7. The molecule has 0 fully saturated rings. The lowest BCUT2D eigenvalue weighted by molar-refractivity contribution is -0.120. The Morgan fingerprint density at radius 2 is 1.64 bits per heavy atom. The van der Waals surface area contributed by atoms with Gasteiger partial charge in [-0.05, 0) is 73.6 Å². The van der Waals surface area contributed by atoms with E-state index >= 15 is 0 Å². The molecule has 0 radical (unpaired) electrons. The van der Waals surface area contributed by atoms with Crippen molar-refractivity contribution in [1.29, 1.82) is 0 Å². The zero-order chi connectivity index (χ0) is 23.4. The van der Waals surface area contributed by atoms with E-state index in [4.69, 9.17) is 11.6 Å². The molecular weight excluding hydrogens is 456 g/mol. The fraction of sp³-hybridized carbons (Fsp3) is 0.269. The van der Waals surface area contributed by atoms with Gasteiger partial charge in [-0.25, -0.2) is 8.42 Å². The van der Waals surface area contributed by atoms with E-state index in [1.54, 1.807) is 42.5 Å². The zero-order valence-corrected chi connectivity index (χ0v) is 20.1. The maximum atomic E-state index is 13.4. The maximum Gasteiger partial charge on any atom is 0.264 e. The van der Waals surface area contributed by atoms with Crippen LogP contribution in [0.25, 0.3) is 0 Å². The third kappa shape index (κ3) is 5.23. The van der Waals surface area contributed by atoms with Crippen LogP contribution in [0.2, 0.25) is 5.02 Å². The third-order valence-electron chi connectivity index (χ3n) is 5.99. The number of hydrogen-bond donors (Lipinski definition) is 1. The number of halogens is 1. The topological polar surface area (TPSA) is 66.5 Å². The standard InChI is InChI=1S/C26H27ClN2O3S/c1-19(21-16-15-20-9-5-6-10-22(20)17-21)28-26(30)18-29(25-14-8-7-13-24(25)27)33(31,32)23-11-3-2-4-12-23/h2-4,7-8,11-17,19H,5-6,9-10,18H2,1H3,(H,28,30)/t19-/m0/s1. The second-order valence-corrected chi connectivity index (χ2v) is 10.6. The molecule has 0 aliphatic heterocycles. The highest BCUT2D eigenvalue weighted by Crippen LogP contribution is 2.30. The first-order valence-corrected chi connectivity index (χ1v) is 12.9. The van der Waals surface area contributed by atoms with Crippen LogP contribution in [0, 0.1) is 0 Å². The minimum absolute atomic E-state index is 0.0976. The second-order valence-electron chi connectivity index (χ2n) is 8.30.